The van der Waals surface area contributed by atoms with E-state index < -0.39 is 35.1 Å². The molecule has 4 nitrogen and oxygen atoms in total. The van der Waals surface area contributed by atoms with E-state index in [9.17, 15) is 22.4 Å². The number of hydrogen-bond acceptors (Lipinski definition) is 3. The van der Waals surface area contributed by atoms with Gasteiger partial charge in [-0.05, 0) is 6.07 Å². The molecule has 0 radical (unpaired) electrons. The fourth-order valence-corrected chi connectivity index (χ4v) is 1.01. The molecule has 0 bridgehead atoms. The number of alkyl halides is 3. The molecule has 0 atom stereocenters. The number of primary amides is 1. The van der Waals surface area contributed by atoms with Crippen LogP contribution in [0.25, 0.3) is 0 Å². The average molecular weight is 238 g/mol. The first kappa shape index (κ1) is 12.1. The molecule has 8 heteroatoms. The lowest BCUT2D eigenvalue weighted by Crippen LogP contribution is -2.20. The van der Waals surface area contributed by atoms with E-state index in [2.05, 4.69) is 4.74 Å². The SMILES string of the molecule is NC(=O)c1cc(F)cc(OC(F)(F)F)c1N. The van der Waals surface area contributed by atoms with Gasteiger partial charge in [-0.2, -0.15) is 0 Å². The number of hydrogen-bond donors (Lipinski definition) is 2. The molecule has 0 aliphatic rings. The van der Waals surface area contributed by atoms with Gasteiger partial charge in [0.15, 0.2) is 5.75 Å². The van der Waals surface area contributed by atoms with Crippen molar-refractivity contribution in [2.45, 2.75) is 6.36 Å². The number of carbonyl (C=O) groups is 1. The Bertz CT molecular complexity index is 431. The number of benzene rings is 1. The maximum Gasteiger partial charge on any atom is 0.573 e. The lowest BCUT2D eigenvalue weighted by atomic mass is 10.1. The molecule has 0 saturated carbocycles. The molecule has 0 aliphatic heterocycles. The quantitative estimate of drug-likeness (QED) is 0.603. The third-order valence-electron chi connectivity index (χ3n) is 1.60. The van der Waals surface area contributed by atoms with Gasteiger partial charge < -0.3 is 16.2 Å². The summed E-state index contributed by atoms with van der Waals surface area (Å²) in [4.78, 5) is 10.7. The number of anilines is 1. The Labute approximate surface area is 86.8 Å². The van der Waals surface area contributed by atoms with Crippen LogP contribution in [0, 0.1) is 5.82 Å². The fourth-order valence-electron chi connectivity index (χ4n) is 1.01. The number of carbonyl (C=O) groups excluding carboxylic acids is 1. The molecule has 0 aliphatic carbocycles. The van der Waals surface area contributed by atoms with Crippen LogP contribution in [0.4, 0.5) is 23.2 Å². The van der Waals surface area contributed by atoms with Gasteiger partial charge in [0.05, 0.1) is 11.3 Å². The van der Waals surface area contributed by atoms with Crippen LogP contribution < -0.4 is 16.2 Å². The van der Waals surface area contributed by atoms with Crippen LogP contribution in [0.3, 0.4) is 0 Å². The van der Waals surface area contributed by atoms with Crippen LogP contribution >= 0.6 is 0 Å². The average Bonchev–Trinajstić information content (AvgIpc) is 2.07. The zero-order valence-electron chi connectivity index (χ0n) is 7.64. The van der Waals surface area contributed by atoms with Crippen molar-refractivity contribution in [2.24, 2.45) is 5.73 Å². The second-order valence-corrected chi connectivity index (χ2v) is 2.78. The van der Waals surface area contributed by atoms with E-state index in [0.717, 1.165) is 0 Å². The molecule has 0 aromatic heterocycles. The van der Waals surface area contributed by atoms with Crippen molar-refractivity contribution in [3.8, 4) is 5.75 Å². The summed E-state index contributed by atoms with van der Waals surface area (Å²) in [6.45, 7) is 0. The number of nitrogens with two attached hydrogens (primary N) is 2. The van der Waals surface area contributed by atoms with E-state index in [0.29, 0.717) is 12.1 Å². The predicted octanol–water partition coefficient (Wildman–Crippen LogP) is 1.41. The minimum Gasteiger partial charge on any atom is -0.403 e. The lowest BCUT2D eigenvalue weighted by molar-refractivity contribution is -0.274. The predicted molar refractivity (Wildman–Crippen MR) is 46.0 cm³/mol. The molecule has 0 spiro atoms. The van der Waals surface area contributed by atoms with Crippen LogP contribution in [-0.2, 0) is 0 Å². The van der Waals surface area contributed by atoms with Crippen LogP contribution in [0.1, 0.15) is 10.4 Å². The highest BCUT2D eigenvalue weighted by atomic mass is 19.4. The third kappa shape index (κ3) is 2.75. The van der Waals surface area contributed by atoms with Crippen molar-refractivity contribution >= 4 is 11.6 Å². The summed E-state index contributed by atoms with van der Waals surface area (Å²) >= 11 is 0. The zero-order chi connectivity index (χ0) is 12.5. The number of rotatable bonds is 2. The summed E-state index contributed by atoms with van der Waals surface area (Å²) in [5.41, 5.74) is 8.73. The van der Waals surface area contributed by atoms with Crippen molar-refractivity contribution in [1.29, 1.82) is 0 Å². The number of nitrogen functional groups attached to an aromatic ring is 1. The molecule has 0 saturated heterocycles. The zero-order valence-corrected chi connectivity index (χ0v) is 7.64. The summed E-state index contributed by atoms with van der Waals surface area (Å²) < 4.78 is 51.9. The Morgan fingerprint density at radius 3 is 2.31 bits per heavy atom. The topological polar surface area (TPSA) is 78.3 Å². The molecule has 1 aromatic rings. The standard InChI is InChI=1S/C8H6F4N2O2/c9-3-1-4(7(14)15)6(13)5(2-3)16-8(10,11)12/h1-2H,13H2,(H2,14,15). The van der Waals surface area contributed by atoms with E-state index >= 15 is 0 Å². The Hall–Kier alpha value is -1.99. The monoisotopic (exact) mass is 238 g/mol. The Morgan fingerprint density at radius 1 is 1.31 bits per heavy atom. The van der Waals surface area contributed by atoms with Gasteiger partial charge in [0.2, 0.25) is 0 Å². The summed E-state index contributed by atoms with van der Waals surface area (Å²) in [6.07, 6.45) is -5.03. The first-order valence-electron chi connectivity index (χ1n) is 3.85. The largest absolute Gasteiger partial charge is 0.573 e. The molecule has 0 fully saturated rings. The van der Waals surface area contributed by atoms with Crippen LogP contribution in [0.2, 0.25) is 0 Å². The maximum absolute atomic E-state index is 12.8. The number of halogens is 4. The molecule has 16 heavy (non-hydrogen) atoms. The van der Waals surface area contributed by atoms with Crippen LogP contribution in [0.5, 0.6) is 5.75 Å². The van der Waals surface area contributed by atoms with Crippen molar-refractivity contribution in [1.82, 2.24) is 0 Å². The van der Waals surface area contributed by atoms with Gasteiger partial charge in [-0.25, -0.2) is 4.39 Å². The van der Waals surface area contributed by atoms with Gasteiger partial charge in [-0.15, -0.1) is 13.2 Å². The summed E-state index contributed by atoms with van der Waals surface area (Å²) in [7, 11) is 0. The molecule has 1 amide bonds. The Morgan fingerprint density at radius 2 is 1.88 bits per heavy atom. The van der Waals surface area contributed by atoms with E-state index in [-0.39, 0.29) is 0 Å². The highest BCUT2D eigenvalue weighted by Gasteiger charge is 2.33. The van der Waals surface area contributed by atoms with Crippen molar-refractivity contribution in [2.75, 3.05) is 5.73 Å². The molecule has 88 valence electrons. The third-order valence-corrected chi connectivity index (χ3v) is 1.60. The van der Waals surface area contributed by atoms with Crippen LogP contribution in [0.15, 0.2) is 12.1 Å². The van der Waals surface area contributed by atoms with E-state index in [1.165, 1.54) is 0 Å². The van der Waals surface area contributed by atoms with Crippen molar-refractivity contribution in [3.63, 3.8) is 0 Å². The maximum atomic E-state index is 12.8. The molecular formula is C8H6F4N2O2. The molecule has 4 N–H and O–H groups in total. The summed E-state index contributed by atoms with van der Waals surface area (Å²) in [5.74, 6) is -3.26. The number of amides is 1. The van der Waals surface area contributed by atoms with Crippen molar-refractivity contribution < 1.29 is 27.1 Å². The van der Waals surface area contributed by atoms with Gasteiger partial charge in [0.1, 0.15) is 5.82 Å². The molecule has 0 unspecified atom stereocenters. The lowest BCUT2D eigenvalue weighted by Gasteiger charge is -2.12. The highest BCUT2D eigenvalue weighted by molar-refractivity contribution is 5.99. The second-order valence-electron chi connectivity index (χ2n) is 2.78. The van der Waals surface area contributed by atoms with Crippen molar-refractivity contribution in [3.05, 3.63) is 23.5 Å². The van der Waals surface area contributed by atoms with Gasteiger partial charge in [0.25, 0.3) is 5.91 Å². The van der Waals surface area contributed by atoms with E-state index in [4.69, 9.17) is 11.5 Å². The van der Waals surface area contributed by atoms with E-state index in [1.54, 1.807) is 0 Å². The van der Waals surface area contributed by atoms with Gasteiger partial charge >= 0.3 is 6.36 Å². The van der Waals surface area contributed by atoms with Crippen LogP contribution in [-0.4, -0.2) is 12.3 Å². The molecule has 1 aromatic carbocycles. The van der Waals surface area contributed by atoms with Gasteiger partial charge in [-0.3, -0.25) is 4.79 Å². The minimum atomic E-state index is -5.03. The normalized spacial score (nSPS) is 11.2. The second kappa shape index (κ2) is 3.87. The highest BCUT2D eigenvalue weighted by Crippen LogP contribution is 2.31. The van der Waals surface area contributed by atoms with E-state index in [1.807, 2.05) is 0 Å². The first-order chi connectivity index (χ1) is 7.20. The molecular weight excluding hydrogens is 232 g/mol. The first-order valence-corrected chi connectivity index (χ1v) is 3.85. The summed E-state index contributed by atoms with van der Waals surface area (Å²) in [6, 6.07) is 1.04. The minimum absolute atomic E-state index is 0.412. The Balaban J connectivity index is 3.25. The number of ether oxygens (including phenoxy) is 1. The molecule has 1 rings (SSSR count). The van der Waals surface area contributed by atoms with Gasteiger partial charge in [0, 0.05) is 6.07 Å². The fraction of sp³-hybridized carbons (Fsp3) is 0.125. The van der Waals surface area contributed by atoms with Gasteiger partial charge in [-0.1, -0.05) is 0 Å². The summed E-state index contributed by atoms with van der Waals surface area (Å²) in [5, 5.41) is 0. The Kier molecular flexibility index (Phi) is 2.92. The smallest absolute Gasteiger partial charge is 0.403 e. The molecule has 0 heterocycles.